The highest BCUT2D eigenvalue weighted by atomic mass is 32.1. The summed E-state index contributed by atoms with van der Waals surface area (Å²) in [4.78, 5) is 26.9. The van der Waals surface area contributed by atoms with Gasteiger partial charge in [0.05, 0.1) is 13.2 Å². The maximum atomic E-state index is 12.5. The van der Waals surface area contributed by atoms with Crippen LogP contribution in [0.2, 0.25) is 0 Å². The molecule has 0 saturated carbocycles. The lowest BCUT2D eigenvalue weighted by Crippen LogP contribution is -2.33. The molecule has 140 valence electrons. The summed E-state index contributed by atoms with van der Waals surface area (Å²) in [6.45, 7) is 10.0. The van der Waals surface area contributed by atoms with Crippen LogP contribution in [-0.4, -0.2) is 43.0 Å². The number of anilines is 1. The Kier molecular flexibility index (Phi) is 7.36. The molecular weight excluding hydrogens is 348 g/mol. The van der Waals surface area contributed by atoms with Crippen molar-refractivity contribution in [1.82, 2.24) is 4.90 Å². The van der Waals surface area contributed by atoms with Gasteiger partial charge < -0.3 is 10.1 Å². The first-order chi connectivity index (χ1) is 12.5. The number of carbonyl (C=O) groups excluding carboxylic acids is 2. The van der Waals surface area contributed by atoms with Crippen molar-refractivity contribution >= 4 is 28.2 Å². The van der Waals surface area contributed by atoms with Crippen molar-refractivity contribution in [1.29, 1.82) is 0 Å². The first-order valence-corrected chi connectivity index (χ1v) is 9.75. The van der Waals surface area contributed by atoms with Crippen LogP contribution in [0.5, 0.6) is 0 Å². The van der Waals surface area contributed by atoms with Crippen LogP contribution in [-0.2, 0) is 9.53 Å². The number of hydrogen-bond acceptors (Lipinski definition) is 5. The van der Waals surface area contributed by atoms with E-state index in [-0.39, 0.29) is 12.5 Å². The molecule has 26 heavy (non-hydrogen) atoms. The van der Waals surface area contributed by atoms with E-state index < -0.39 is 5.97 Å². The number of carbonyl (C=O) groups is 2. The number of amides is 1. The zero-order chi connectivity index (χ0) is 19.1. The van der Waals surface area contributed by atoms with E-state index in [0.717, 1.165) is 29.8 Å². The first-order valence-electron chi connectivity index (χ1n) is 8.87. The highest BCUT2D eigenvalue weighted by Crippen LogP contribution is 2.36. The third kappa shape index (κ3) is 4.93. The lowest BCUT2D eigenvalue weighted by atomic mass is 10.0. The second-order valence-corrected chi connectivity index (χ2v) is 6.83. The van der Waals surface area contributed by atoms with Gasteiger partial charge in [-0.05, 0) is 32.5 Å². The molecule has 0 atom stereocenters. The molecular formula is C20H26N2O3S. The van der Waals surface area contributed by atoms with E-state index in [4.69, 9.17) is 4.74 Å². The minimum atomic E-state index is -0.414. The fourth-order valence-electron chi connectivity index (χ4n) is 2.62. The van der Waals surface area contributed by atoms with Gasteiger partial charge in [-0.15, -0.1) is 11.3 Å². The Labute approximate surface area is 159 Å². The number of rotatable bonds is 8. The van der Waals surface area contributed by atoms with E-state index >= 15 is 0 Å². The molecule has 1 heterocycles. The topological polar surface area (TPSA) is 58.6 Å². The lowest BCUT2D eigenvalue weighted by molar-refractivity contribution is -0.117. The second kappa shape index (κ2) is 9.50. The summed E-state index contributed by atoms with van der Waals surface area (Å²) in [5.74, 6) is -0.543. The van der Waals surface area contributed by atoms with Crippen molar-refractivity contribution < 1.29 is 14.3 Å². The van der Waals surface area contributed by atoms with Crippen molar-refractivity contribution in [2.45, 2.75) is 27.7 Å². The van der Waals surface area contributed by atoms with Gasteiger partial charge in [0.1, 0.15) is 10.6 Å². The molecule has 0 unspecified atom stereocenters. The zero-order valence-electron chi connectivity index (χ0n) is 15.8. The SMILES string of the molecule is CCOC(=O)c1c(-c2ccc(C)cc2)csc1NC(=O)CN(CC)CC. The van der Waals surface area contributed by atoms with Gasteiger partial charge in [-0.25, -0.2) is 4.79 Å². The Morgan fingerprint density at radius 3 is 2.35 bits per heavy atom. The van der Waals surface area contributed by atoms with Gasteiger partial charge in [0.15, 0.2) is 0 Å². The summed E-state index contributed by atoms with van der Waals surface area (Å²) in [5.41, 5.74) is 3.29. The molecule has 6 heteroatoms. The van der Waals surface area contributed by atoms with Gasteiger partial charge in [0, 0.05) is 10.9 Å². The highest BCUT2D eigenvalue weighted by Gasteiger charge is 2.23. The van der Waals surface area contributed by atoms with Crippen LogP contribution < -0.4 is 5.32 Å². The average molecular weight is 375 g/mol. The van der Waals surface area contributed by atoms with Crippen LogP contribution in [0.1, 0.15) is 36.7 Å². The molecule has 1 aromatic heterocycles. The highest BCUT2D eigenvalue weighted by molar-refractivity contribution is 7.15. The summed E-state index contributed by atoms with van der Waals surface area (Å²) in [7, 11) is 0. The standard InChI is InChI=1S/C20H26N2O3S/c1-5-22(6-2)12-17(23)21-19-18(20(24)25-7-3)16(13-26-19)15-10-8-14(4)9-11-15/h8-11,13H,5-7,12H2,1-4H3,(H,21,23). The summed E-state index contributed by atoms with van der Waals surface area (Å²) in [5, 5.41) is 5.32. The predicted molar refractivity (Wildman–Crippen MR) is 107 cm³/mol. The molecule has 2 rings (SSSR count). The van der Waals surface area contributed by atoms with E-state index in [2.05, 4.69) is 5.32 Å². The summed E-state index contributed by atoms with van der Waals surface area (Å²) in [6.07, 6.45) is 0. The third-order valence-electron chi connectivity index (χ3n) is 4.15. The Bertz CT molecular complexity index is 749. The van der Waals surface area contributed by atoms with Gasteiger partial charge >= 0.3 is 5.97 Å². The molecule has 1 aromatic carbocycles. The average Bonchev–Trinajstić information content (AvgIpc) is 3.04. The summed E-state index contributed by atoms with van der Waals surface area (Å²) < 4.78 is 5.22. The van der Waals surface area contributed by atoms with Crippen LogP contribution in [0.3, 0.4) is 0 Å². The van der Waals surface area contributed by atoms with Gasteiger partial charge in [-0.1, -0.05) is 43.7 Å². The molecule has 2 aromatic rings. The number of thiophene rings is 1. The van der Waals surface area contributed by atoms with Crippen molar-refractivity contribution in [2.24, 2.45) is 0 Å². The van der Waals surface area contributed by atoms with Crippen LogP contribution in [0.25, 0.3) is 11.1 Å². The van der Waals surface area contributed by atoms with Crippen molar-refractivity contribution in [3.8, 4) is 11.1 Å². The van der Waals surface area contributed by atoms with Crippen LogP contribution in [0.15, 0.2) is 29.6 Å². The van der Waals surface area contributed by atoms with Crippen LogP contribution in [0.4, 0.5) is 5.00 Å². The minimum Gasteiger partial charge on any atom is -0.462 e. The Hall–Kier alpha value is -2.18. The number of esters is 1. The smallest absolute Gasteiger partial charge is 0.341 e. The largest absolute Gasteiger partial charge is 0.462 e. The van der Waals surface area contributed by atoms with Gasteiger partial charge in [0.25, 0.3) is 0 Å². The predicted octanol–water partition coefficient (Wildman–Crippen LogP) is 4.18. The monoisotopic (exact) mass is 374 g/mol. The van der Waals surface area contributed by atoms with Crippen molar-refractivity contribution in [3.63, 3.8) is 0 Å². The number of nitrogens with one attached hydrogen (secondary N) is 1. The number of ether oxygens (including phenoxy) is 1. The maximum Gasteiger partial charge on any atom is 0.341 e. The van der Waals surface area contributed by atoms with Crippen LogP contribution >= 0.6 is 11.3 Å². The van der Waals surface area contributed by atoms with Crippen molar-refractivity contribution in [3.05, 3.63) is 40.8 Å². The number of nitrogens with zero attached hydrogens (tertiary/aromatic N) is 1. The van der Waals surface area contributed by atoms with E-state index in [1.165, 1.54) is 11.3 Å². The van der Waals surface area contributed by atoms with Gasteiger partial charge in [0.2, 0.25) is 5.91 Å². The molecule has 1 N–H and O–H groups in total. The van der Waals surface area contributed by atoms with Gasteiger partial charge in [-0.3, -0.25) is 9.69 Å². The molecule has 0 aliphatic rings. The first kappa shape index (κ1) is 20.1. The molecule has 0 aliphatic heterocycles. The summed E-state index contributed by atoms with van der Waals surface area (Å²) >= 11 is 1.35. The minimum absolute atomic E-state index is 0.128. The molecule has 0 radical (unpaired) electrons. The molecule has 1 amide bonds. The van der Waals surface area contributed by atoms with E-state index in [1.54, 1.807) is 6.92 Å². The van der Waals surface area contributed by atoms with Gasteiger partial charge in [-0.2, -0.15) is 0 Å². The molecule has 0 aliphatic carbocycles. The third-order valence-corrected chi connectivity index (χ3v) is 5.04. The Morgan fingerprint density at radius 1 is 1.12 bits per heavy atom. The molecule has 0 saturated heterocycles. The Balaban J connectivity index is 2.32. The number of hydrogen-bond donors (Lipinski definition) is 1. The quantitative estimate of drug-likeness (QED) is 0.704. The van der Waals surface area contributed by atoms with E-state index in [9.17, 15) is 9.59 Å². The Morgan fingerprint density at radius 2 is 1.77 bits per heavy atom. The molecule has 0 bridgehead atoms. The molecule has 5 nitrogen and oxygen atoms in total. The van der Waals surface area contributed by atoms with E-state index in [0.29, 0.717) is 17.1 Å². The van der Waals surface area contributed by atoms with Crippen LogP contribution in [0, 0.1) is 6.92 Å². The molecule has 0 fully saturated rings. The lowest BCUT2D eigenvalue weighted by Gasteiger charge is -2.17. The molecule has 0 spiro atoms. The fourth-order valence-corrected chi connectivity index (χ4v) is 3.59. The number of aryl methyl sites for hydroxylation is 1. The fraction of sp³-hybridized carbons (Fsp3) is 0.400. The summed E-state index contributed by atoms with van der Waals surface area (Å²) in [6, 6.07) is 7.95. The zero-order valence-corrected chi connectivity index (χ0v) is 16.6. The number of likely N-dealkylation sites (N-methyl/N-ethyl adjacent to an activating group) is 1. The second-order valence-electron chi connectivity index (χ2n) is 5.95. The van der Waals surface area contributed by atoms with E-state index in [1.807, 2.05) is 55.3 Å². The van der Waals surface area contributed by atoms with Crippen molar-refractivity contribution in [2.75, 3.05) is 31.6 Å². The normalized spacial score (nSPS) is 10.8. The maximum absolute atomic E-state index is 12.5. The number of benzene rings is 1.